The van der Waals surface area contributed by atoms with E-state index in [1.807, 2.05) is 41.3 Å². The number of hydrogen-bond donors (Lipinski definition) is 3. The topological polar surface area (TPSA) is 90.9 Å². The van der Waals surface area contributed by atoms with Crippen molar-refractivity contribution in [2.75, 3.05) is 25.5 Å². The van der Waals surface area contributed by atoms with Gasteiger partial charge >= 0.3 is 6.03 Å². The first-order valence-electron chi connectivity index (χ1n) is 9.76. The number of methoxy groups -OCH3 is 1. The maximum absolute atomic E-state index is 12.4. The number of nitrogens with one attached hydrogen (secondary N) is 2. The van der Waals surface area contributed by atoms with E-state index < -0.39 is 0 Å². The zero-order valence-corrected chi connectivity index (χ0v) is 16.3. The molecule has 2 fully saturated rings. The van der Waals surface area contributed by atoms with Crippen molar-refractivity contribution < 1.29 is 19.4 Å². The van der Waals surface area contributed by atoms with Crippen LogP contribution >= 0.6 is 0 Å². The van der Waals surface area contributed by atoms with Gasteiger partial charge in [0.15, 0.2) is 0 Å². The number of piperidine rings is 1. The van der Waals surface area contributed by atoms with Crippen LogP contribution in [0.1, 0.15) is 11.1 Å². The summed E-state index contributed by atoms with van der Waals surface area (Å²) in [5.41, 5.74) is 2.54. The van der Waals surface area contributed by atoms with Gasteiger partial charge in [-0.05, 0) is 35.4 Å². The third-order valence-corrected chi connectivity index (χ3v) is 5.68. The van der Waals surface area contributed by atoms with Crippen molar-refractivity contribution in [3.63, 3.8) is 0 Å². The Labute approximate surface area is 169 Å². The van der Waals surface area contributed by atoms with Crippen LogP contribution in [0.25, 0.3) is 0 Å². The van der Waals surface area contributed by atoms with Gasteiger partial charge in [-0.3, -0.25) is 4.79 Å². The van der Waals surface area contributed by atoms with E-state index in [0.717, 1.165) is 16.9 Å². The fraction of sp³-hybridized carbons (Fsp3) is 0.364. The van der Waals surface area contributed by atoms with E-state index in [9.17, 15) is 14.7 Å². The van der Waals surface area contributed by atoms with Gasteiger partial charge in [0.05, 0.1) is 19.6 Å². The Morgan fingerprint density at radius 3 is 2.28 bits per heavy atom. The monoisotopic (exact) mass is 395 g/mol. The summed E-state index contributed by atoms with van der Waals surface area (Å²) in [7, 11) is 1.61. The minimum Gasteiger partial charge on any atom is -0.497 e. The van der Waals surface area contributed by atoms with Crippen LogP contribution in [-0.4, -0.2) is 48.2 Å². The van der Waals surface area contributed by atoms with Crippen LogP contribution in [0, 0.1) is 11.8 Å². The first-order valence-corrected chi connectivity index (χ1v) is 9.76. The molecule has 7 heteroatoms. The largest absolute Gasteiger partial charge is 0.497 e. The molecule has 0 bridgehead atoms. The third kappa shape index (κ3) is 4.51. The fourth-order valence-corrected chi connectivity index (χ4v) is 3.79. The molecule has 1 aliphatic carbocycles. The van der Waals surface area contributed by atoms with Crippen molar-refractivity contribution in [1.82, 2.24) is 10.2 Å². The lowest BCUT2D eigenvalue weighted by Crippen LogP contribution is -2.33. The lowest BCUT2D eigenvalue weighted by atomic mass is 10.1. The Kier molecular flexibility index (Phi) is 5.40. The van der Waals surface area contributed by atoms with Gasteiger partial charge in [0.2, 0.25) is 5.91 Å². The number of amides is 3. The highest BCUT2D eigenvalue weighted by Gasteiger charge is 2.55. The molecule has 1 saturated carbocycles. The van der Waals surface area contributed by atoms with E-state index in [1.54, 1.807) is 19.2 Å². The summed E-state index contributed by atoms with van der Waals surface area (Å²) in [4.78, 5) is 26.3. The lowest BCUT2D eigenvalue weighted by molar-refractivity contribution is -0.130. The van der Waals surface area contributed by atoms with Gasteiger partial charge in [-0.1, -0.05) is 24.3 Å². The molecule has 1 heterocycles. The summed E-state index contributed by atoms with van der Waals surface area (Å²) < 4.78 is 5.11. The number of likely N-dealkylation sites (tertiary alicyclic amines) is 1. The number of aliphatic hydroxyl groups is 1. The molecule has 0 spiro atoms. The van der Waals surface area contributed by atoms with Crippen molar-refractivity contribution in [3.8, 4) is 5.75 Å². The lowest BCUT2D eigenvalue weighted by Gasteiger charge is -2.19. The second-order valence-electron chi connectivity index (χ2n) is 7.65. The Balaban J connectivity index is 1.22. The molecule has 2 aliphatic rings. The highest BCUT2D eigenvalue weighted by molar-refractivity contribution is 5.89. The number of carbonyl (C=O) groups is 2. The number of hydrogen-bond acceptors (Lipinski definition) is 4. The summed E-state index contributed by atoms with van der Waals surface area (Å²) in [5, 5.41) is 15.2. The number of carbonyl (C=O) groups excluding carboxylic acids is 2. The first kappa shape index (κ1) is 19.3. The number of rotatable bonds is 6. The van der Waals surface area contributed by atoms with E-state index in [1.165, 1.54) is 0 Å². The fourth-order valence-electron chi connectivity index (χ4n) is 3.79. The summed E-state index contributed by atoms with van der Waals surface area (Å²) in [6.45, 7) is 1.74. The average molecular weight is 395 g/mol. The molecular weight excluding hydrogens is 370 g/mol. The maximum atomic E-state index is 12.4. The third-order valence-electron chi connectivity index (χ3n) is 5.68. The van der Waals surface area contributed by atoms with Gasteiger partial charge in [-0.2, -0.15) is 0 Å². The summed E-state index contributed by atoms with van der Waals surface area (Å²) >= 11 is 0. The molecule has 0 aromatic heterocycles. The van der Waals surface area contributed by atoms with Crippen LogP contribution < -0.4 is 15.4 Å². The van der Waals surface area contributed by atoms with Crippen LogP contribution in [0.4, 0.5) is 10.5 Å². The molecule has 7 nitrogen and oxygen atoms in total. The van der Waals surface area contributed by atoms with Crippen LogP contribution in [-0.2, 0) is 17.8 Å². The highest BCUT2D eigenvalue weighted by atomic mass is 16.5. The zero-order chi connectivity index (χ0) is 20.4. The maximum Gasteiger partial charge on any atom is 0.319 e. The van der Waals surface area contributed by atoms with Crippen LogP contribution in [0.5, 0.6) is 5.75 Å². The normalized spacial score (nSPS) is 22.0. The van der Waals surface area contributed by atoms with Crippen LogP contribution in [0.2, 0.25) is 0 Å². The summed E-state index contributed by atoms with van der Waals surface area (Å²) in [6.07, 6.45) is 0.125. The number of anilines is 1. The highest BCUT2D eigenvalue weighted by Crippen LogP contribution is 2.45. The molecule has 1 aliphatic heterocycles. The van der Waals surface area contributed by atoms with Crippen LogP contribution in [0.3, 0.4) is 0 Å². The number of nitrogens with zero attached hydrogens (tertiary/aromatic N) is 1. The average Bonchev–Trinajstić information content (AvgIpc) is 3.14. The smallest absolute Gasteiger partial charge is 0.319 e. The number of aliphatic hydroxyl groups excluding tert-OH is 1. The second-order valence-corrected chi connectivity index (χ2v) is 7.65. The van der Waals surface area contributed by atoms with E-state index in [-0.39, 0.29) is 29.9 Å². The van der Waals surface area contributed by atoms with Crippen molar-refractivity contribution in [2.24, 2.45) is 11.8 Å². The Bertz CT molecular complexity index is 870. The Morgan fingerprint density at radius 2 is 1.66 bits per heavy atom. The van der Waals surface area contributed by atoms with Gasteiger partial charge in [-0.15, -0.1) is 0 Å². The molecule has 152 valence electrons. The molecular formula is C22H25N3O4. The molecule has 29 heavy (non-hydrogen) atoms. The van der Waals surface area contributed by atoms with Crippen molar-refractivity contribution >= 4 is 17.6 Å². The predicted octanol–water partition coefficient (Wildman–Crippen LogP) is 2.01. The van der Waals surface area contributed by atoms with E-state index in [2.05, 4.69) is 10.6 Å². The zero-order valence-electron chi connectivity index (χ0n) is 16.3. The molecule has 2 atom stereocenters. The molecule has 4 rings (SSSR count). The molecule has 2 unspecified atom stereocenters. The molecule has 0 radical (unpaired) electrons. The number of benzene rings is 2. The van der Waals surface area contributed by atoms with Gasteiger partial charge in [0.25, 0.3) is 0 Å². The molecule has 2 aromatic rings. The Hall–Kier alpha value is -3.06. The second kappa shape index (κ2) is 8.13. The SMILES string of the molecule is COc1ccc(CNC(=O)Nc2ccc(CC(=O)N3CC4C(O)C4C3)cc2)cc1. The Morgan fingerprint density at radius 1 is 1.03 bits per heavy atom. The standard InChI is InChI=1S/C22H25N3O4/c1-29-17-8-4-15(5-9-17)11-23-22(28)24-16-6-2-14(3-7-16)10-20(26)25-12-18-19(13-25)21(18)27/h2-9,18-19,21,27H,10-13H2,1H3,(H2,23,24,28). The summed E-state index contributed by atoms with van der Waals surface area (Å²) in [5.74, 6) is 1.42. The molecule has 3 N–H and O–H groups in total. The number of ether oxygens (including phenoxy) is 1. The van der Waals surface area contributed by atoms with Gasteiger partial charge in [0, 0.05) is 37.2 Å². The van der Waals surface area contributed by atoms with E-state index >= 15 is 0 Å². The quantitative estimate of drug-likeness (QED) is 0.698. The van der Waals surface area contributed by atoms with Gasteiger partial charge in [0.1, 0.15) is 5.75 Å². The van der Waals surface area contributed by atoms with E-state index in [0.29, 0.717) is 31.7 Å². The summed E-state index contributed by atoms with van der Waals surface area (Å²) in [6, 6.07) is 14.5. The van der Waals surface area contributed by atoms with Crippen molar-refractivity contribution in [2.45, 2.75) is 19.1 Å². The van der Waals surface area contributed by atoms with Crippen LogP contribution in [0.15, 0.2) is 48.5 Å². The van der Waals surface area contributed by atoms with Gasteiger partial charge in [-0.25, -0.2) is 4.79 Å². The minimum atomic E-state index is -0.292. The van der Waals surface area contributed by atoms with E-state index in [4.69, 9.17) is 4.74 Å². The molecule has 2 aromatic carbocycles. The van der Waals surface area contributed by atoms with Crippen molar-refractivity contribution in [1.29, 1.82) is 0 Å². The minimum absolute atomic E-state index is 0.0855. The number of urea groups is 1. The first-order chi connectivity index (χ1) is 14.0. The van der Waals surface area contributed by atoms with Gasteiger partial charge < -0.3 is 25.4 Å². The predicted molar refractivity (Wildman–Crippen MR) is 109 cm³/mol. The molecule has 3 amide bonds. The van der Waals surface area contributed by atoms with Crippen molar-refractivity contribution in [3.05, 3.63) is 59.7 Å². The number of fused-ring (bicyclic) bond motifs is 1. The molecule has 1 saturated heterocycles.